The molecule has 102 valence electrons. The molecule has 0 spiro atoms. The van der Waals surface area contributed by atoms with Gasteiger partial charge in [0.1, 0.15) is 0 Å². The Balaban J connectivity index is 1.98. The Bertz CT molecular complexity index is 435. The molecule has 0 atom stereocenters. The van der Waals surface area contributed by atoms with E-state index in [1.54, 1.807) is 0 Å². The number of rotatable bonds is 5. The van der Waals surface area contributed by atoms with Crippen LogP contribution in [0.4, 0.5) is 5.69 Å². The minimum absolute atomic E-state index is 1.05. The van der Waals surface area contributed by atoms with E-state index in [-0.39, 0.29) is 0 Å². The van der Waals surface area contributed by atoms with Crippen molar-refractivity contribution in [3.8, 4) is 0 Å². The second kappa shape index (κ2) is 7.18. The summed E-state index contributed by atoms with van der Waals surface area (Å²) in [5.41, 5.74) is 4.24. The summed E-state index contributed by atoms with van der Waals surface area (Å²) < 4.78 is 0. The Hall–Kier alpha value is -1.50. The van der Waals surface area contributed by atoms with Crippen molar-refractivity contribution in [2.24, 2.45) is 0 Å². The normalized spacial score (nSPS) is 16.8. The van der Waals surface area contributed by atoms with Crippen molar-refractivity contribution in [3.63, 3.8) is 0 Å². The van der Waals surface area contributed by atoms with Crippen LogP contribution in [0.2, 0.25) is 0 Å². The summed E-state index contributed by atoms with van der Waals surface area (Å²) in [5.74, 6) is 0. The molecule has 0 bridgehead atoms. The lowest BCUT2D eigenvalue weighted by atomic mass is 10.00. The molecule has 1 nitrogen and oxygen atoms in total. The first-order chi connectivity index (χ1) is 9.33. The molecule has 0 radical (unpaired) electrons. The van der Waals surface area contributed by atoms with Gasteiger partial charge in [-0.3, -0.25) is 0 Å². The summed E-state index contributed by atoms with van der Waals surface area (Å²) in [6.07, 6.45) is 11.8. The third-order valence-electron chi connectivity index (χ3n) is 3.83. The van der Waals surface area contributed by atoms with Crippen LogP contribution in [-0.2, 0) is 6.42 Å². The zero-order valence-corrected chi connectivity index (χ0v) is 12.2. The van der Waals surface area contributed by atoms with Crippen LogP contribution in [0.15, 0.2) is 48.1 Å². The molecule has 0 N–H and O–H groups in total. The van der Waals surface area contributed by atoms with E-state index in [2.05, 4.69) is 61.2 Å². The maximum absolute atomic E-state index is 2.38. The summed E-state index contributed by atoms with van der Waals surface area (Å²) in [5, 5.41) is 0. The Kier molecular flexibility index (Phi) is 5.26. The van der Waals surface area contributed by atoms with Gasteiger partial charge in [0, 0.05) is 18.8 Å². The van der Waals surface area contributed by atoms with Gasteiger partial charge in [0.25, 0.3) is 0 Å². The second-order valence-corrected chi connectivity index (χ2v) is 5.12. The molecule has 2 rings (SSSR count). The highest BCUT2D eigenvalue weighted by Gasteiger charge is 2.02. The lowest BCUT2D eigenvalue weighted by Gasteiger charge is -2.21. The second-order valence-electron chi connectivity index (χ2n) is 5.12. The predicted octanol–water partition coefficient (Wildman–Crippen LogP) is 4.74. The van der Waals surface area contributed by atoms with E-state index in [1.807, 2.05) is 0 Å². The minimum Gasteiger partial charge on any atom is -0.372 e. The Morgan fingerprint density at radius 1 is 1.11 bits per heavy atom. The van der Waals surface area contributed by atoms with Gasteiger partial charge in [0.2, 0.25) is 0 Å². The fourth-order valence-corrected chi connectivity index (χ4v) is 2.59. The van der Waals surface area contributed by atoms with Crippen molar-refractivity contribution in [1.29, 1.82) is 0 Å². The van der Waals surface area contributed by atoms with Crippen molar-refractivity contribution >= 4 is 5.69 Å². The topological polar surface area (TPSA) is 3.24 Å². The monoisotopic (exact) mass is 255 g/mol. The van der Waals surface area contributed by atoms with Gasteiger partial charge < -0.3 is 4.90 Å². The quantitative estimate of drug-likeness (QED) is 0.734. The summed E-state index contributed by atoms with van der Waals surface area (Å²) in [7, 11) is 0. The van der Waals surface area contributed by atoms with Crippen LogP contribution in [0.3, 0.4) is 0 Å². The number of anilines is 1. The van der Waals surface area contributed by atoms with E-state index >= 15 is 0 Å². The minimum atomic E-state index is 1.05. The summed E-state index contributed by atoms with van der Waals surface area (Å²) in [6, 6.07) is 9.02. The summed E-state index contributed by atoms with van der Waals surface area (Å²) >= 11 is 0. The zero-order valence-electron chi connectivity index (χ0n) is 12.2. The molecule has 0 aliphatic heterocycles. The van der Waals surface area contributed by atoms with Gasteiger partial charge in [0.15, 0.2) is 0 Å². The average Bonchev–Trinajstić information content (AvgIpc) is 2.49. The number of hydrogen-bond donors (Lipinski definition) is 0. The molecule has 0 heterocycles. The largest absolute Gasteiger partial charge is 0.372 e. The molecule has 0 aromatic heterocycles. The first kappa shape index (κ1) is 13.9. The molecular weight excluding hydrogens is 230 g/mol. The van der Waals surface area contributed by atoms with E-state index in [0.717, 1.165) is 19.5 Å². The van der Waals surface area contributed by atoms with E-state index in [1.165, 1.54) is 36.1 Å². The summed E-state index contributed by atoms with van der Waals surface area (Å²) in [4.78, 5) is 2.38. The van der Waals surface area contributed by atoms with Crippen LogP contribution in [0.1, 0.15) is 38.7 Å². The standard InChI is InChI=1S/C18H25N/c1-3-19(4-2)18-14-12-17(13-15-18)11-10-16-8-6-5-7-9-16/h6,8,10,12-15H,3-5,7,9,11H2,1-2H3/b16-10+. The van der Waals surface area contributed by atoms with Crippen molar-refractivity contribution < 1.29 is 0 Å². The van der Waals surface area contributed by atoms with Gasteiger partial charge in [-0.1, -0.05) is 35.9 Å². The van der Waals surface area contributed by atoms with Crippen molar-refractivity contribution in [2.75, 3.05) is 18.0 Å². The Labute approximate surface area is 117 Å². The maximum Gasteiger partial charge on any atom is 0.0366 e. The number of benzene rings is 1. The van der Waals surface area contributed by atoms with Crippen LogP contribution in [0, 0.1) is 0 Å². The van der Waals surface area contributed by atoms with Gasteiger partial charge in [-0.05, 0) is 57.2 Å². The third-order valence-corrected chi connectivity index (χ3v) is 3.83. The van der Waals surface area contributed by atoms with Gasteiger partial charge in [0.05, 0.1) is 0 Å². The van der Waals surface area contributed by atoms with Crippen LogP contribution in [0.25, 0.3) is 0 Å². The van der Waals surface area contributed by atoms with Crippen molar-refractivity contribution in [3.05, 3.63) is 53.6 Å². The zero-order chi connectivity index (χ0) is 13.5. The van der Waals surface area contributed by atoms with Crippen molar-refractivity contribution in [1.82, 2.24) is 0 Å². The summed E-state index contributed by atoms with van der Waals surface area (Å²) in [6.45, 7) is 6.56. The van der Waals surface area contributed by atoms with Gasteiger partial charge in [-0.2, -0.15) is 0 Å². The Morgan fingerprint density at radius 2 is 1.84 bits per heavy atom. The highest BCUT2D eigenvalue weighted by Crippen LogP contribution is 2.18. The molecule has 1 aromatic rings. The molecule has 0 fully saturated rings. The molecule has 1 heteroatoms. The van der Waals surface area contributed by atoms with Crippen LogP contribution in [-0.4, -0.2) is 13.1 Å². The predicted molar refractivity (Wildman–Crippen MR) is 84.8 cm³/mol. The van der Waals surface area contributed by atoms with Crippen LogP contribution < -0.4 is 4.90 Å². The molecule has 0 saturated heterocycles. The first-order valence-corrected chi connectivity index (χ1v) is 7.53. The van der Waals surface area contributed by atoms with Crippen LogP contribution in [0.5, 0.6) is 0 Å². The molecule has 0 amide bonds. The van der Waals surface area contributed by atoms with Gasteiger partial charge >= 0.3 is 0 Å². The molecular formula is C18H25N. The smallest absolute Gasteiger partial charge is 0.0366 e. The lowest BCUT2D eigenvalue weighted by Crippen LogP contribution is -2.21. The van der Waals surface area contributed by atoms with E-state index < -0.39 is 0 Å². The third kappa shape index (κ3) is 3.99. The lowest BCUT2D eigenvalue weighted by molar-refractivity contribution is 0.817. The SMILES string of the molecule is CCN(CC)c1ccc(C/C=C2\C=CCCC2)cc1. The number of nitrogens with zero attached hydrogens (tertiary/aromatic N) is 1. The van der Waals surface area contributed by atoms with Crippen LogP contribution >= 0.6 is 0 Å². The van der Waals surface area contributed by atoms with Gasteiger partial charge in [-0.25, -0.2) is 0 Å². The molecule has 0 saturated carbocycles. The van der Waals surface area contributed by atoms with E-state index in [4.69, 9.17) is 0 Å². The molecule has 19 heavy (non-hydrogen) atoms. The maximum atomic E-state index is 2.38. The van der Waals surface area contributed by atoms with E-state index in [0.29, 0.717) is 0 Å². The fourth-order valence-electron chi connectivity index (χ4n) is 2.59. The Morgan fingerprint density at radius 3 is 2.42 bits per heavy atom. The highest BCUT2D eigenvalue weighted by atomic mass is 15.1. The van der Waals surface area contributed by atoms with Gasteiger partial charge in [-0.15, -0.1) is 0 Å². The molecule has 1 aliphatic rings. The fraction of sp³-hybridized carbons (Fsp3) is 0.444. The van der Waals surface area contributed by atoms with Crippen molar-refractivity contribution in [2.45, 2.75) is 39.5 Å². The van der Waals surface area contributed by atoms with E-state index in [9.17, 15) is 0 Å². The molecule has 1 aromatic carbocycles. The molecule has 0 unspecified atom stereocenters. The number of hydrogen-bond acceptors (Lipinski definition) is 1. The average molecular weight is 255 g/mol. The number of allylic oxidation sites excluding steroid dienone is 4. The highest BCUT2D eigenvalue weighted by molar-refractivity contribution is 5.47. The first-order valence-electron chi connectivity index (χ1n) is 7.53. The molecule has 1 aliphatic carbocycles.